The van der Waals surface area contributed by atoms with Crippen molar-refractivity contribution in [3.8, 4) is 0 Å². The average Bonchev–Trinajstić information content (AvgIpc) is 3.46. The van der Waals surface area contributed by atoms with Crippen molar-refractivity contribution >= 4 is 5.91 Å². The molecule has 2 atom stereocenters. The summed E-state index contributed by atoms with van der Waals surface area (Å²) in [6.45, 7) is 4.36. The highest BCUT2D eigenvalue weighted by molar-refractivity contribution is 5.76. The summed E-state index contributed by atoms with van der Waals surface area (Å²) in [6, 6.07) is -0.621. The Morgan fingerprint density at radius 1 is 0.287 bits per heavy atom. The number of carbonyl (C=O) groups excluding carboxylic acids is 1. The molecule has 1 amide bonds. The zero-order valence-corrected chi connectivity index (χ0v) is 55.1. The van der Waals surface area contributed by atoms with Gasteiger partial charge in [-0.1, -0.05) is 411 Å². The molecule has 0 aliphatic rings. The van der Waals surface area contributed by atoms with Gasteiger partial charge in [0.25, 0.3) is 0 Å². The van der Waals surface area contributed by atoms with E-state index in [1.165, 1.54) is 392 Å². The summed E-state index contributed by atoms with van der Waals surface area (Å²) in [5.41, 5.74) is 0. The molecular formula is C76H149NO3. The molecule has 0 spiro atoms. The van der Waals surface area contributed by atoms with Crippen LogP contribution in [0.5, 0.6) is 0 Å². The van der Waals surface area contributed by atoms with Crippen LogP contribution in [0, 0.1) is 0 Å². The minimum atomic E-state index is -0.839. The first-order chi connectivity index (χ1) is 39.7. The molecule has 0 aromatic heterocycles. The molecule has 0 aliphatic carbocycles. The van der Waals surface area contributed by atoms with Crippen LogP contribution in [0.1, 0.15) is 438 Å². The Morgan fingerprint density at radius 2 is 0.475 bits per heavy atom. The van der Waals surface area contributed by atoms with Crippen LogP contribution >= 0.6 is 0 Å². The quantitative estimate of drug-likeness (QED) is 0.0420. The van der Waals surface area contributed by atoms with Crippen LogP contribution in [0.3, 0.4) is 0 Å². The largest absolute Gasteiger partial charge is 0.394 e. The topological polar surface area (TPSA) is 69.6 Å². The lowest BCUT2D eigenvalue weighted by Gasteiger charge is -2.20. The fourth-order valence-corrected chi connectivity index (χ4v) is 12.2. The number of unbranched alkanes of at least 4 members (excludes halogenated alkanes) is 62. The third kappa shape index (κ3) is 67.7. The van der Waals surface area contributed by atoms with Crippen LogP contribution in [0.4, 0.5) is 0 Å². The molecule has 4 nitrogen and oxygen atoms in total. The molecular weight excluding hydrogens is 975 g/mol. The second-order valence-electron chi connectivity index (χ2n) is 26.1. The Morgan fingerprint density at radius 3 is 0.688 bits per heavy atom. The van der Waals surface area contributed by atoms with E-state index in [9.17, 15) is 15.0 Å². The summed E-state index contributed by atoms with van der Waals surface area (Å²) < 4.78 is 0. The van der Waals surface area contributed by atoms with Gasteiger partial charge >= 0.3 is 0 Å². The third-order valence-electron chi connectivity index (χ3n) is 17.9. The first-order valence-corrected chi connectivity index (χ1v) is 37.6. The van der Waals surface area contributed by atoms with E-state index in [-0.39, 0.29) is 12.5 Å². The van der Waals surface area contributed by atoms with Crippen LogP contribution < -0.4 is 5.32 Å². The average molecular weight is 1130 g/mol. The highest BCUT2D eigenvalue weighted by Gasteiger charge is 2.18. The van der Waals surface area contributed by atoms with E-state index < -0.39 is 12.1 Å². The number of aliphatic hydroxyl groups is 2. The van der Waals surface area contributed by atoms with Gasteiger partial charge in [-0.2, -0.15) is 0 Å². The van der Waals surface area contributed by atoms with Crippen molar-refractivity contribution in [3.63, 3.8) is 0 Å². The smallest absolute Gasteiger partial charge is 0.220 e. The van der Waals surface area contributed by atoms with E-state index >= 15 is 0 Å². The van der Waals surface area contributed by atoms with E-state index in [1.807, 2.05) is 6.08 Å². The molecule has 0 aliphatic heterocycles. The molecule has 0 aromatic rings. The number of allylic oxidation sites excluding steroid dienone is 3. The minimum absolute atomic E-state index is 0.0534. The molecule has 2 unspecified atom stereocenters. The fraction of sp³-hybridized carbons (Fsp3) is 0.934. The molecule has 0 radical (unpaired) electrons. The summed E-state index contributed by atoms with van der Waals surface area (Å²) in [5, 5.41) is 23.3. The van der Waals surface area contributed by atoms with E-state index in [4.69, 9.17) is 0 Å². The SMILES string of the molecule is CCCCCCCCCC/C=C\CCCCCCCCCCCCCCCCCCCCCCCCCC(=O)NC(CO)C(O)/C=C/CCCCCCCCCCCCCCCCCCCCCCCCCCCCCCCCC. The molecule has 0 saturated heterocycles. The monoisotopic (exact) mass is 1120 g/mol. The molecule has 4 heteroatoms. The summed E-state index contributed by atoms with van der Waals surface area (Å²) in [5.74, 6) is -0.0534. The van der Waals surface area contributed by atoms with Gasteiger partial charge in [-0.3, -0.25) is 4.79 Å². The Kier molecular flexibility index (Phi) is 71.1. The minimum Gasteiger partial charge on any atom is -0.394 e. The standard InChI is InChI=1S/C76H149NO3/c1-3-5-7-9-11-13-15-17-19-21-23-25-27-29-31-33-35-37-38-40-42-44-46-48-50-52-54-56-58-60-62-64-66-68-70-72-76(80)77-74(73-78)75(79)71-69-67-65-63-61-59-57-55-53-51-49-47-45-43-41-39-36-34-32-30-28-26-24-22-20-18-16-14-12-10-8-6-4-2/h21,23,69,71,74-75,78-79H,3-20,22,24-68,70,72-73H2,1-2H3,(H,77,80)/b23-21-,71-69+. The van der Waals surface area contributed by atoms with E-state index in [1.54, 1.807) is 6.08 Å². The molecule has 0 fully saturated rings. The van der Waals surface area contributed by atoms with Gasteiger partial charge in [0.05, 0.1) is 18.8 Å². The van der Waals surface area contributed by atoms with Crippen LogP contribution in [0.2, 0.25) is 0 Å². The number of hydrogen-bond acceptors (Lipinski definition) is 3. The number of aliphatic hydroxyl groups excluding tert-OH is 2. The zero-order valence-electron chi connectivity index (χ0n) is 55.1. The lowest BCUT2D eigenvalue weighted by Crippen LogP contribution is -2.45. The van der Waals surface area contributed by atoms with Crippen LogP contribution in [0.25, 0.3) is 0 Å². The fourth-order valence-electron chi connectivity index (χ4n) is 12.2. The highest BCUT2D eigenvalue weighted by Crippen LogP contribution is 2.20. The highest BCUT2D eigenvalue weighted by atomic mass is 16.3. The van der Waals surface area contributed by atoms with Crippen molar-refractivity contribution in [1.29, 1.82) is 0 Å². The molecule has 0 aromatic carbocycles. The normalized spacial score (nSPS) is 12.7. The lowest BCUT2D eigenvalue weighted by molar-refractivity contribution is -0.123. The number of amides is 1. The molecule has 0 rings (SSSR count). The molecule has 0 heterocycles. The first-order valence-electron chi connectivity index (χ1n) is 37.6. The van der Waals surface area contributed by atoms with E-state index in [2.05, 4.69) is 31.3 Å². The van der Waals surface area contributed by atoms with E-state index in [0.29, 0.717) is 6.42 Å². The van der Waals surface area contributed by atoms with Gasteiger partial charge in [-0.05, 0) is 44.9 Å². The van der Waals surface area contributed by atoms with Gasteiger partial charge in [-0.15, -0.1) is 0 Å². The van der Waals surface area contributed by atoms with Crippen molar-refractivity contribution in [1.82, 2.24) is 5.32 Å². The van der Waals surface area contributed by atoms with Gasteiger partial charge in [-0.25, -0.2) is 0 Å². The predicted molar refractivity (Wildman–Crippen MR) is 359 cm³/mol. The maximum absolute atomic E-state index is 12.6. The first kappa shape index (κ1) is 78.9. The van der Waals surface area contributed by atoms with Crippen molar-refractivity contribution in [2.75, 3.05) is 6.61 Å². The number of nitrogens with one attached hydrogen (secondary N) is 1. The molecule has 0 saturated carbocycles. The van der Waals surface area contributed by atoms with Gasteiger partial charge in [0.1, 0.15) is 0 Å². The Labute approximate surface area is 504 Å². The predicted octanol–water partition coefficient (Wildman–Crippen LogP) is 25.7. The Bertz CT molecular complexity index is 1180. The van der Waals surface area contributed by atoms with Crippen LogP contribution in [0.15, 0.2) is 24.3 Å². The second kappa shape index (κ2) is 72.1. The number of carbonyl (C=O) groups is 1. The summed E-state index contributed by atoms with van der Waals surface area (Å²) in [4.78, 5) is 12.6. The number of hydrogen-bond donors (Lipinski definition) is 3. The maximum atomic E-state index is 12.6. The van der Waals surface area contributed by atoms with Gasteiger partial charge < -0.3 is 15.5 Å². The van der Waals surface area contributed by atoms with Crippen molar-refractivity contribution < 1.29 is 15.0 Å². The second-order valence-corrected chi connectivity index (χ2v) is 26.1. The third-order valence-corrected chi connectivity index (χ3v) is 17.9. The van der Waals surface area contributed by atoms with E-state index in [0.717, 1.165) is 25.7 Å². The molecule has 476 valence electrons. The summed E-state index contributed by atoms with van der Waals surface area (Å²) in [7, 11) is 0. The molecule has 3 N–H and O–H groups in total. The van der Waals surface area contributed by atoms with Crippen LogP contribution in [-0.2, 0) is 4.79 Å². The summed E-state index contributed by atoms with van der Waals surface area (Å²) >= 11 is 0. The Balaban J connectivity index is 3.39. The van der Waals surface area contributed by atoms with Crippen LogP contribution in [-0.4, -0.2) is 34.9 Å². The maximum Gasteiger partial charge on any atom is 0.220 e. The number of rotatable bonds is 71. The van der Waals surface area contributed by atoms with Crippen molar-refractivity contribution in [2.45, 2.75) is 450 Å². The van der Waals surface area contributed by atoms with Gasteiger partial charge in [0, 0.05) is 6.42 Å². The molecule has 0 bridgehead atoms. The van der Waals surface area contributed by atoms with Gasteiger partial charge in [0.2, 0.25) is 5.91 Å². The van der Waals surface area contributed by atoms with Gasteiger partial charge in [0.15, 0.2) is 0 Å². The Hall–Kier alpha value is -1.13. The van der Waals surface area contributed by atoms with Crippen molar-refractivity contribution in [3.05, 3.63) is 24.3 Å². The molecule has 80 heavy (non-hydrogen) atoms. The summed E-state index contributed by atoms with van der Waals surface area (Å²) in [6.07, 6.45) is 98.7. The lowest BCUT2D eigenvalue weighted by atomic mass is 10.0. The van der Waals surface area contributed by atoms with Crippen molar-refractivity contribution in [2.24, 2.45) is 0 Å². The zero-order chi connectivity index (χ0) is 57.6.